The zero-order valence-electron chi connectivity index (χ0n) is 28.0. The van der Waals surface area contributed by atoms with Gasteiger partial charge in [-0.05, 0) is 40.8 Å². The molecule has 4 aromatic heterocycles. The normalized spacial score (nSPS) is 12.2. The molecule has 0 saturated heterocycles. The van der Waals surface area contributed by atoms with Gasteiger partial charge in [-0.25, -0.2) is 9.97 Å². The van der Waals surface area contributed by atoms with E-state index in [4.69, 9.17) is 9.97 Å². The van der Waals surface area contributed by atoms with Crippen LogP contribution < -0.4 is 0 Å². The largest absolute Gasteiger partial charge is 0.307 e. The summed E-state index contributed by atoms with van der Waals surface area (Å²) in [5.74, 6) is 0.666. The van der Waals surface area contributed by atoms with Gasteiger partial charge in [0.05, 0.1) is 38.8 Å². The molecule has 0 radical (unpaired) electrons. The van der Waals surface area contributed by atoms with Crippen LogP contribution in [-0.4, -0.2) is 18.9 Å². The van der Waals surface area contributed by atoms with Crippen molar-refractivity contribution in [3.63, 3.8) is 0 Å². The third-order valence-corrected chi connectivity index (χ3v) is 11.0. The zero-order chi connectivity index (χ0) is 33.9. The molecular formula is C48H28N4. The highest BCUT2D eigenvalue weighted by Gasteiger charge is 2.25. The lowest BCUT2D eigenvalue weighted by atomic mass is 10.0. The van der Waals surface area contributed by atoms with E-state index < -0.39 is 0 Å². The number of para-hydroxylation sites is 3. The minimum atomic E-state index is 0.666. The van der Waals surface area contributed by atoms with E-state index in [2.05, 4.69) is 179 Å². The Labute approximate surface area is 297 Å². The van der Waals surface area contributed by atoms with Crippen LogP contribution in [0.3, 0.4) is 0 Å². The number of fused-ring (bicyclic) bond motifs is 13. The molecule has 0 amide bonds. The van der Waals surface area contributed by atoms with Gasteiger partial charge < -0.3 is 4.40 Å². The van der Waals surface area contributed by atoms with Crippen LogP contribution >= 0.6 is 0 Å². The summed E-state index contributed by atoms with van der Waals surface area (Å²) < 4.78 is 4.80. The predicted molar refractivity (Wildman–Crippen MR) is 217 cm³/mol. The topological polar surface area (TPSA) is 35.1 Å². The van der Waals surface area contributed by atoms with E-state index in [-0.39, 0.29) is 0 Å². The minimum Gasteiger partial charge on any atom is -0.307 e. The van der Waals surface area contributed by atoms with E-state index in [1.807, 2.05) is 0 Å². The van der Waals surface area contributed by atoms with E-state index in [9.17, 15) is 0 Å². The van der Waals surface area contributed by atoms with Gasteiger partial charge in [0.2, 0.25) is 5.95 Å². The summed E-state index contributed by atoms with van der Waals surface area (Å²) in [6.07, 6.45) is 0. The van der Waals surface area contributed by atoms with Crippen molar-refractivity contribution in [1.82, 2.24) is 18.9 Å². The van der Waals surface area contributed by atoms with Crippen molar-refractivity contribution in [1.29, 1.82) is 0 Å². The minimum absolute atomic E-state index is 0.666. The summed E-state index contributed by atoms with van der Waals surface area (Å²) in [6.45, 7) is 0. The van der Waals surface area contributed by atoms with E-state index in [0.29, 0.717) is 5.95 Å². The van der Waals surface area contributed by atoms with Crippen molar-refractivity contribution in [3.8, 4) is 28.3 Å². The van der Waals surface area contributed by atoms with Gasteiger partial charge in [-0.1, -0.05) is 146 Å². The van der Waals surface area contributed by atoms with Crippen LogP contribution in [-0.2, 0) is 0 Å². The maximum absolute atomic E-state index is 5.45. The third kappa shape index (κ3) is 3.65. The molecule has 0 N–H and O–H groups in total. The van der Waals surface area contributed by atoms with Gasteiger partial charge in [0.1, 0.15) is 0 Å². The van der Waals surface area contributed by atoms with E-state index >= 15 is 0 Å². The highest BCUT2D eigenvalue weighted by Crippen LogP contribution is 2.47. The molecule has 0 spiro atoms. The molecule has 0 unspecified atom stereocenters. The first-order valence-electron chi connectivity index (χ1n) is 17.8. The van der Waals surface area contributed by atoms with Crippen molar-refractivity contribution >= 4 is 81.6 Å². The van der Waals surface area contributed by atoms with Crippen molar-refractivity contribution < 1.29 is 0 Å². The molecule has 0 saturated carbocycles. The Balaban J connectivity index is 1.21. The van der Waals surface area contributed by atoms with Crippen LogP contribution in [0.25, 0.3) is 110 Å². The molecule has 0 aliphatic carbocycles. The van der Waals surface area contributed by atoms with Crippen LogP contribution in [0, 0.1) is 0 Å². The van der Waals surface area contributed by atoms with Crippen molar-refractivity contribution in [2.45, 2.75) is 0 Å². The Bertz CT molecular complexity index is 3390. The lowest BCUT2D eigenvalue weighted by molar-refractivity contribution is 1.01. The number of hydrogen-bond donors (Lipinski definition) is 0. The summed E-state index contributed by atoms with van der Waals surface area (Å²) in [5, 5.41) is 11.0. The molecule has 0 fully saturated rings. The lowest BCUT2D eigenvalue weighted by Crippen LogP contribution is -2.03. The highest BCUT2D eigenvalue weighted by molar-refractivity contribution is 6.37. The summed E-state index contributed by atoms with van der Waals surface area (Å²) in [4.78, 5) is 10.7. The molecule has 4 heterocycles. The summed E-state index contributed by atoms with van der Waals surface area (Å²) in [5.41, 5.74) is 11.2. The molecule has 0 atom stereocenters. The quantitative estimate of drug-likeness (QED) is 0.189. The first-order chi connectivity index (χ1) is 25.8. The highest BCUT2D eigenvalue weighted by atomic mass is 15.2. The lowest BCUT2D eigenvalue weighted by Gasteiger charge is -2.12. The van der Waals surface area contributed by atoms with Crippen LogP contribution in [0.1, 0.15) is 0 Å². The van der Waals surface area contributed by atoms with Gasteiger partial charge in [0.25, 0.3) is 0 Å². The molecule has 0 bridgehead atoms. The standard InChI is InChI=1S/C48H28N4/c1-2-12-29(13-3-1)30-22-24-32(25-23-30)45-35-16-6-9-19-39(35)49-48(50-45)51-40-20-10-7-17-36(40)43-42(51)28-38-34-27-26-31-14-4-5-15-33(31)46(34)52-41-21-11-8-18-37(41)44(43)47(38)52/h1-28H. The molecule has 12 rings (SSSR count). The van der Waals surface area contributed by atoms with Gasteiger partial charge in [0.15, 0.2) is 0 Å². The van der Waals surface area contributed by atoms with Gasteiger partial charge in [-0.3, -0.25) is 4.57 Å². The number of aromatic nitrogens is 4. The maximum Gasteiger partial charge on any atom is 0.235 e. The monoisotopic (exact) mass is 660 g/mol. The fourth-order valence-corrected chi connectivity index (χ4v) is 8.81. The summed E-state index contributed by atoms with van der Waals surface area (Å²) in [7, 11) is 0. The van der Waals surface area contributed by atoms with Crippen LogP contribution in [0.5, 0.6) is 0 Å². The fourth-order valence-electron chi connectivity index (χ4n) is 8.81. The van der Waals surface area contributed by atoms with E-state index in [0.717, 1.165) is 33.2 Å². The molecule has 12 aromatic rings. The molecule has 0 aliphatic rings. The number of nitrogens with zero attached hydrogens (tertiary/aromatic N) is 4. The Morgan fingerprint density at radius 1 is 0.365 bits per heavy atom. The first kappa shape index (κ1) is 27.7. The fraction of sp³-hybridized carbons (Fsp3) is 0. The Morgan fingerprint density at radius 2 is 1.00 bits per heavy atom. The molecule has 52 heavy (non-hydrogen) atoms. The number of rotatable bonds is 3. The van der Waals surface area contributed by atoms with Gasteiger partial charge >= 0.3 is 0 Å². The summed E-state index contributed by atoms with van der Waals surface area (Å²) >= 11 is 0. The van der Waals surface area contributed by atoms with Crippen LogP contribution in [0.4, 0.5) is 0 Å². The zero-order valence-corrected chi connectivity index (χ0v) is 28.0. The SMILES string of the molecule is c1ccc(-c2ccc(-c3nc(-n4c5ccccc5c5c6c7ccccc7n7c8c9ccccc9ccc8c(cc54)c67)nc4ccccc34)cc2)cc1. The first-order valence-corrected chi connectivity index (χ1v) is 17.8. The third-order valence-electron chi connectivity index (χ3n) is 11.0. The number of benzene rings is 8. The van der Waals surface area contributed by atoms with Gasteiger partial charge in [0, 0.05) is 48.7 Å². The van der Waals surface area contributed by atoms with Gasteiger partial charge in [-0.2, -0.15) is 0 Å². The molecule has 4 nitrogen and oxygen atoms in total. The molecular weight excluding hydrogens is 633 g/mol. The predicted octanol–water partition coefficient (Wildman–Crippen LogP) is 12.4. The second-order valence-electron chi connectivity index (χ2n) is 13.8. The maximum atomic E-state index is 5.45. The Kier molecular flexibility index (Phi) is 5.47. The van der Waals surface area contributed by atoms with Crippen molar-refractivity contribution in [2.24, 2.45) is 0 Å². The average Bonchev–Trinajstić information content (AvgIpc) is 3.85. The van der Waals surface area contributed by atoms with Crippen LogP contribution in [0.2, 0.25) is 0 Å². The number of hydrogen-bond acceptors (Lipinski definition) is 2. The van der Waals surface area contributed by atoms with E-state index in [1.165, 1.54) is 70.8 Å². The molecule has 8 aromatic carbocycles. The molecule has 0 aliphatic heterocycles. The van der Waals surface area contributed by atoms with Crippen molar-refractivity contribution in [2.75, 3.05) is 0 Å². The average molecular weight is 661 g/mol. The summed E-state index contributed by atoms with van der Waals surface area (Å²) in [6, 6.07) is 60.9. The second kappa shape index (κ2) is 10.3. The van der Waals surface area contributed by atoms with Crippen molar-refractivity contribution in [3.05, 3.63) is 170 Å². The Morgan fingerprint density at radius 3 is 1.83 bits per heavy atom. The van der Waals surface area contributed by atoms with E-state index in [1.54, 1.807) is 0 Å². The van der Waals surface area contributed by atoms with Gasteiger partial charge in [-0.15, -0.1) is 0 Å². The Hall–Kier alpha value is -7.04. The second-order valence-corrected chi connectivity index (χ2v) is 13.8. The van der Waals surface area contributed by atoms with Crippen LogP contribution in [0.15, 0.2) is 170 Å². The smallest absolute Gasteiger partial charge is 0.235 e. The molecule has 4 heteroatoms. The molecule has 240 valence electrons.